The fourth-order valence-electron chi connectivity index (χ4n) is 2.43. The molecule has 0 saturated carbocycles. The van der Waals surface area contributed by atoms with Gasteiger partial charge in [-0.25, -0.2) is 21.9 Å². The van der Waals surface area contributed by atoms with Crippen molar-refractivity contribution in [2.45, 2.75) is 37.5 Å². The van der Waals surface area contributed by atoms with Crippen LogP contribution in [0.3, 0.4) is 0 Å². The number of nitrogens with one attached hydrogen (secondary N) is 1. The fourth-order valence-corrected chi connectivity index (χ4v) is 4.12. The molecule has 0 aliphatic carbocycles. The van der Waals surface area contributed by atoms with E-state index in [-0.39, 0.29) is 5.56 Å². The maximum absolute atomic E-state index is 13.8. The van der Waals surface area contributed by atoms with Crippen LogP contribution in [0.2, 0.25) is 0 Å². The van der Waals surface area contributed by atoms with E-state index in [2.05, 4.69) is 4.72 Å². The number of benzene rings is 1. The van der Waals surface area contributed by atoms with Gasteiger partial charge in [-0.1, -0.05) is 6.92 Å². The van der Waals surface area contributed by atoms with Crippen LogP contribution in [0.25, 0.3) is 0 Å². The molecule has 1 aromatic carbocycles. The van der Waals surface area contributed by atoms with Crippen LogP contribution >= 0.6 is 0 Å². The molecule has 1 heterocycles. The Labute approximate surface area is 123 Å². The van der Waals surface area contributed by atoms with E-state index in [1.54, 1.807) is 6.92 Å². The summed E-state index contributed by atoms with van der Waals surface area (Å²) in [5.74, 6) is -1.20. The van der Waals surface area contributed by atoms with Crippen molar-refractivity contribution >= 4 is 10.0 Å². The predicted octanol–water partition coefficient (Wildman–Crippen LogP) is 2.51. The Bertz CT molecular complexity index is 586. The van der Waals surface area contributed by atoms with Gasteiger partial charge < -0.3 is 4.74 Å². The largest absolute Gasteiger partial charge is 0.381 e. The molecule has 118 valence electrons. The zero-order valence-corrected chi connectivity index (χ0v) is 12.6. The maximum Gasteiger partial charge on any atom is 0.215 e. The van der Waals surface area contributed by atoms with E-state index in [0.29, 0.717) is 32.5 Å². The molecule has 1 aromatic rings. The van der Waals surface area contributed by atoms with E-state index in [1.165, 1.54) is 0 Å². The van der Waals surface area contributed by atoms with Crippen LogP contribution in [-0.2, 0) is 14.8 Å². The lowest BCUT2D eigenvalue weighted by atomic mass is 10.1. The summed E-state index contributed by atoms with van der Waals surface area (Å²) < 4.78 is 59.4. The van der Waals surface area contributed by atoms with Crippen molar-refractivity contribution in [1.29, 1.82) is 0 Å². The second-order valence-corrected chi connectivity index (χ2v) is 7.09. The van der Waals surface area contributed by atoms with Gasteiger partial charge in [-0.05, 0) is 37.5 Å². The summed E-state index contributed by atoms with van der Waals surface area (Å²) in [6.07, 6.45) is 1.16. The Balaban J connectivity index is 2.20. The smallest absolute Gasteiger partial charge is 0.215 e. The Morgan fingerprint density at radius 3 is 2.62 bits per heavy atom. The van der Waals surface area contributed by atoms with Crippen LogP contribution in [0.1, 0.15) is 37.8 Å². The first-order chi connectivity index (χ1) is 9.94. The molecule has 1 N–H and O–H groups in total. The summed E-state index contributed by atoms with van der Waals surface area (Å²) in [5.41, 5.74) is 0.0353. The Morgan fingerprint density at radius 2 is 2.00 bits per heavy atom. The fraction of sp³-hybridized carbons (Fsp3) is 0.571. The van der Waals surface area contributed by atoms with Crippen LogP contribution in [-0.4, -0.2) is 26.9 Å². The number of halogens is 2. The molecule has 1 aliphatic rings. The summed E-state index contributed by atoms with van der Waals surface area (Å²) >= 11 is 0. The van der Waals surface area contributed by atoms with Crippen LogP contribution in [0, 0.1) is 11.6 Å². The van der Waals surface area contributed by atoms with Gasteiger partial charge in [0.25, 0.3) is 0 Å². The number of ether oxygens (including phenoxy) is 1. The molecule has 0 spiro atoms. The highest BCUT2D eigenvalue weighted by Gasteiger charge is 2.30. The van der Waals surface area contributed by atoms with E-state index in [0.717, 1.165) is 18.2 Å². The van der Waals surface area contributed by atoms with Crippen LogP contribution < -0.4 is 4.72 Å². The van der Waals surface area contributed by atoms with Crippen LogP contribution in [0.15, 0.2) is 18.2 Å². The van der Waals surface area contributed by atoms with Gasteiger partial charge in [-0.3, -0.25) is 0 Å². The van der Waals surface area contributed by atoms with Crippen molar-refractivity contribution in [1.82, 2.24) is 4.72 Å². The van der Waals surface area contributed by atoms with E-state index in [4.69, 9.17) is 4.74 Å². The standard InChI is InChI=1S/C14H19F2NO3S/c1-2-14(12-9-10(15)3-4-13(12)16)17-21(18,19)11-5-7-20-8-6-11/h3-4,9,11,14,17H,2,5-8H2,1H3. The normalized spacial score (nSPS) is 18.6. The molecule has 1 unspecified atom stereocenters. The average Bonchev–Trinajstić information content (AvgIpc) is 2.48. The third-order valence-corrected chi connectivity index (χ3v) is 5.62. The van der Waals surface area contributed by atoms with Gasteiger partial charge in [0, 0.05) is 24.8 Å². The highest BCUT2D eigenvalue weighted by Crippen LogP contribution is 2.24. The zero-order valence-electron chi connectivity index (χ0n) is 11.8. The van der Waals surface area contributed by atoms with Gasteiger partial charge in [-0.15, -0.1) is 0 Å². The molecule has 1 saturated heterocycles. The first kappa shape index (κ1) is 16.3. The van der Waals surface area contributed by atoms with Crippen LogP contribution in [0.5, 0.6) is 0 Å². The lowest BCUT2D eigenvalue weighted by Gasteiger charge is -2.25. The minimum atomic E-state index is -3.59. The van der Waals surface area contributed by atoms with Crippen molar-refractivity contribution < 1.29 is 21.9 Å². The highest BCUT2D eigenvalue weighted by molar-refractivity contribution is 7.90. The molecule has 0 aromatic heterocycles. The van der Waals surface area contributed by atoms with Gasteiger partial charge in [0.05, 0.1) is 5.25 Å². The summed E-state index contributed by atoms with van der Waals surface area (Å²) in [5, 5.41) is -0.545. The zero-order chi connectivity index (χ0) is 15.5. The molecule has 1 atom stereocenters. The second-order valence-electron chi connectivity index (χ2n) is 5.10. The average molecular weight is 319 g/mol. The van der Waals surface area contributed by atoms with Crippen LogP contribution in [0.4, 0.5) is 8.78 Å². The quantitative estimate of drug-likeness (QED) is 0.907. The first-order valence-corrected chi connectivity index (χ1v) is 8.52. The molecule has 21 heavy (non-hydrogen) atoms. The summed E-state index contributed by atoms with van der Waals surface area (Å²) in [4.78, 5) is 0. The topological polar surface area (TPSA) is 55.4 Å². The van der Waals surface area contributed by atoms with E-state index < -0.39 is 32.9 Å². The number of sulfonamides is 1. The predicted molar refractivity (Wildman–Crippen MR) is 75.3 cm³/mol. The molecule has 0 radical (unpaired) electrons. The van der Waals surface area contributed by atoms with Gasteiger partial charge in [0.2, 0.25) is 10.0 Å². The molecule has 0 bridgehead atoms. The van der Waals surface area contributed by atoms with Gasteiger partial charge >= 0.3 is 0 Å². The molecule has 4 nitrogen and oxygen atoms in total. The minimum absolute atomic E-state index is 0.0353. The molecule has 7 heteroatoms. The van der Waals surface area contributed by atoms with E-state index >= 15 is 0 Å². The third-order valence-electron chi connectivity index (χ3n) is 3.66. The SMILES string of the molecule is CCC(NS(=O)(=O)C1CCOCC1)c1cc(F)ccc1F. The molecule has 2 rings (SSSR count). The van der Waals surface area contributed by atoms with Crippen molar-refractivity contribution in [2.75, 3.05) is 13.2 Å². The summed E-state index contributed by atoms with van der Waals surface area (Å²) in [6.45, 7) is 2.52. The van der Waals surface area contributed by atoms with Gasteiger partial charge in [0.15, 0.2) is 0 Å². The van der Waals surface area contributed by atoms with Crippen molar-refractivity contribution in [2.24, 2.45) is 0 Å². The van der Waals surface area contributed by atoms with E-state index in [9.17, 15) is 17.2 Å². The van der Waals surface area contributed by atoms with Crippen molar-refractivity contribution in [3.05, 3.63) is 35.4 Å². The lowest BCUT2D eigenvalue weighted by molar-refractivity contribution is 0.0980. The lowest BCUT2D eigenvalue weighted by Crippen LogP contribution is -2.40. The molecular weight excluding hydrogens is 300 g/mol. The summed E-state index contributed by atoms with van der Waals surface area (Å²) in [6, 6.07) is 2.29. The second kappa shape index (κ2) is 6.81. The molecule has 1 fully saturated rings. The monoisotopic (exact) mass is 319 g/mol. The maximum atomic E-state index is 13.8. The number of hydrogen-bond acceptors (Lipinski definition) is 3. The minimum Gasteiger partial charge on any atom is -0.381 e. The number of rotatable bonds is 5. The first-order valence-electron chi connectivity index (χ1n) is 6.98. The summed E-state index contributed by atoms with van der Waals surface area (Å²) in [7, 11) is -3.59. The Kier molecular flexibility index (Phi) is 5.29. The van der Waals surface area contributed by atoms with Crippen molar-refractivity contribution in [3.8, 4) is 0 Å². The molecule has 1 aliphatic heterocycles. The molecule has 0 amide bonds. The Hall–Kier alpha value is -1.05. The van der Waals surface area contributed by atoms with Crippen molar-refractivity contribution in [3.63, 3.8) is 0 Å². The van der Waals surface area contributed by atoms with Gasteiger partial charge in [0.1, 0.15) is 11.6 Å². The van der Waals surface area contributed by atoms with Gasteiger partial charge in [-0.2, -0.15) is 0 Å². The Morgan fingerprint density at radius 1 is 1.33 bits per heavy atom. The molecular formula is C14H19F2NO3S. The third kappa shape index (κ3) is 3.99. The van der Waals surface area contributed by atoms with E-state index in [1.807, 2.05) is 0 Å². The number of hydrogen-bond donors (Lipinski definition) is 1. The highest BCUT2D eigenvalue weighted by atomic mass is 32.2.